The predicted molar refractivity (Wildman–Crippen MR) is 98.8 cm³/mol. The Balaban J connectivity index is 2.01. The summed E-state index contributed by atoms with van der Waals surface area (Å²) >= 11 is 0. The van der Waals surface area contributed by atoms with Gasteiger partial charge in [-0.1, -0.05) is 30.3 Å². The molecule has 7 nitrogen and oxygen atoms in total. The summed E-state index contributed by atoms with van der Waals surface area (Å²) in [5, 5.41) is 11.4. The first-order valence-electron chi connectivity index (χ1n) is 8.80. The number of sulfone groups is 1. The topological polar surface area (TPSA) is 104 Å². The second-order valence-electron chi connectivity index (χ2n) is 6.72. The number of hydrogen-bond acceptors (Lipinski definition) is 4. The molecule has 0 radical (unpaired) electrons. The van der Waals surface area contributed by atoms with Gasteiger partial charge in [-0.2, -0.15) is 0 Å². The average Bonchev–Trinajstić information content (AvgIpc) is 2.72. The number of carbonyl (C=O) groups excluding carboxylic acids is 1. The number of hydrogen-bond donors (Lipinski definition) is 2. The molecule has 2 atom stereocenters. The van der Waals surface area contributed by atoms with Crippen molar-refractivity contribution < 1.29 is 23.1 Å². The maximum atomic E-state index is 12.6. The molecule has 1 aromatic carbocycles. The van der Waals surface area contributed by atoms with Gasteiger partial charge in [-0.15, -0.1) is 0 Å². The second-order valence-corrected chi connectivity index (χ2v) is 9.26. The van der Waals surface area contributed by atoms with E-state index in [1.807, 2.05) is 30.3 Å². The fourth-order valence-electron chi connectivity index (χ4n) is 2.96. The standard InChI is InChI=1S/C18H26N2O5S/c1-14-9-10-20(11-12-26(14,24)25)18(23)19-16(7-8-17(21)22)13-15-5-3-2-4-6-15/h2-6,14,16H,7-13H2,1H3,(H,19,23)(H,21,22). The highest BCUT2D eigenvalue weighted by atomic mass is 32.2. The SMILES string of the molecule is CC1CCN(C(=O)NC(CCC(=O)O)Cc2ccccc2)CCS1(=O)=O. The third-order valence-corrected chi connectivity index (χ3v) is 6.92. The number of nitrogens with one attached hydrogen (secondary N) is 1. The summed E-state index contributed by atoms with van der Waals surface area (Å²) < 4.78 is 24.0. The number of urea groups is 1. The van der Waals surface area contributed by atoms with Crippen LogP contribution in [-0.4, -0.2) is 60.6 Å². The molecule has 0 aromatic heterocycles. The number of carboxylic acids is 1. The highest BCUT2D eigenvalue weighted by Gasteiger charge is 2.29. The molecule has 26 heavy (non-hydrogen) atoms. The molecule has 2 rings (SSSR count). The molecule has 2 amide bonds. The monoisotopic (exact) mass is 382 g/mol. The lowest BCUT2D eigenvalue weighted by Crippen LogP contribution is -2.46. The van der Waals surface area contributed by atoms with Gasteiger partial charge < -0.3 is 15.3 Å². The zero-order valence-corrected chi connectivity index (χ0v) is 15.7. The Morgan fingerprint density at radius 3 is 2.62 bits per heavy atom. The summed E-state index contributed by atoms with van der Waals surface area (Å²) in [5.41, 5.74) is 1.01. The summed E-state index contributed by atoms with van der Waals surface area (Å²) in [6.07, 6.45) is 1.22. The molecule has 1 fully saturated rings. The minimum absolute atomic E-state index is 0.0385. The molecule has 8 heteroatoms. The Morgan fingerprint density at radius 1 is 1.27 bits per heavy atom. The van der Waals surface area contributed by atoms with Gasteiger partial charge in [0.05, 0.1) is 11.0 Å². The lowest BCUT2D eigenvalue weighted by Gasteiger charge is -2.25. The number of carbonyl (C=O) groups is 2. The number of nitrogens with zero attached hydrogens (tertiary/aromatic N) is 1. The Bertz CT molecular complexity index is 720. The third kappa shape index (κ3) is 6.01. The fraction of sp³-hybridized carbons (Fsp3) is 0.556. The van der Waals surface area contributed by atoms with Gasteiger partial charge in [-0.3, -0.25) is 4.79 Å². The largest absolute Gasteiger partial charge is 0.481 e. The maximum Gasteiger partial charge on any atom is 0.317 e. The van der Waals surface area contributed by atoms with Crippen LogP contribution in [0.15, 0.2) is 30.3 Å². The van der Waals surface area contributed by atoms with E-state index in [1.165, 1.54) is 4.90 Å². The van der Waals surface area contributed by atoms with E-state index in [0.29, 0.717) is 25.8 Å². The van der Waals surface area contributed by atoms with Crippen LogP contribution in [0, 0.1) is 0 Å². The van der Waals surface area contributed by atoms with Gasteiger partial charge in [-0.05, 0) is 31.7 Å². The van der Waals surface area contributed by atoms with Crippen LogP contribution in [0.25, 0.3) is 0 Å². The second kappa shape index (κ2) is 9.02. The minimum Gasteiger partial charge on any atom is -0.481 e. The molecule has 1 aliphatic heterocycles. The van der Waals surface area contributed by atoms with E-state index in [0.717, 1.165) is 5.56 Å². The van der Waals surface area contributed by atoms with Gasteiger partial charge in [0.15, 0.2) is 9.84 Å². The Kier molecular flexibility index (Phi) is 7.02. The molecule has 1 saturated heterocycles. The number of carboxylic acid groups (broad SMARTS) is 1. The predicted octanol–water partition coefficient (Wildman–Crippen LogP) is 1.68. The van der Waals surface area contributed by atoms with Gasteiger partial charge in [0.25, 0.3) is 0 Å². The fourth-order valence-corrected chi connectivity index (χ4v) is 4.30. The van der Waals surface area contributed by atoms with Crippen molar-refractivity contribution in [2.75, 3.05) is 18.8 Å². The van der Waals surface area contributed by atoms with E-state index in [-0.39, 0.29) is 30.8 Å². The van der Waals surface area contributed by atoms with Crippen molar-refractivity contribution in [3.8, 4) is 0 Å². The Labute approximate surface area is 154 Å². The van der Waals surface area contributed by atoms with Gasteiger partial charge in [0, 0.05) is 25.6 Å². The van der Waals surface area contributed by atoms with Crippen molar-refractivity contribution in [2.45, 2.75) is 43.9 Å². The zero-order chi connectivity index (χ0) is 19.2. The van der Waals surface area contributed by atoms with Crippen LogP contribution < -0.4 is 5.32 Å². The smallest absolute Gasteiger partial charge is 0.317 e. The van der Waals surface area contributed by atoms with Gasteiger partial charge in [0.1, 0.15) is 0 Å². The molecule has 1 aliphatic rings. The van der Waals surface area contributed by atoms with Crippen LogP contribution in [0.2, 0.25) is 0 Å². The van der Waals surface area contributed by atoms with Crippen molar-refractivity contribution >= 4 is 21.8 Å². The summed E-state index contributed by atoms with van der Waals surface area (Å²) in [7, 11) is -3.16. The van der Waals surface area contributed by atoms with Crippen LogP contribution in [0.1, 0.15) is 31.7 Å². The van der Waals surface area contributed by atoms with Crippen molar-refractivity contribution in [1.82, 2.24) is 10.2 Å². The molecular formula is C18H26N2O5S. The van der Waals surface area contributed by atoms with E-state index in [4.69, 9.17) is 5.11 Å². The Morgan fingerprint density at radius 2 is 1.96 bits per heavy atom. The van der Waals surface area contributed by atoms with E-state index < -0.39 is 21.1 Å². The van der Waals surface area contributed by atoms with Crippen LogP contribution in [0.4, 0.5) is 4.79 Å². The van der Waals surface area contributed by atoms with Crippen molar-refractivity contribution in [3.63, 3.8) is 0 Å². The first kappa shape index (κ1) is 20.2. The first-order chi connectivity index (χ1) is 12.3. The molecule has 144 valence electrons. The summed E-state index contributed by atoms with van der Waals surface area (Å²) in [6, 6.07) is 8.89. The number of aliphatic carboxylic acids is 1. The quantitative estimate of drug-likeness (QED) is 0.779. The molecule has 0 spiro atoms. The molecule has 0 saturated carbocycles. The van der Waals surface area contributed by atoms with Crippen LogP contribution in [0.3, 0.4) is 0 Å². The molecule has 0 aliphatic carbocycles. The van der Waals surface area contributed by atoms with Gasteiger partial charge in [-0.25, -0.2) is 13.2 Å². The molecular weight excluding hydrogens is 356 g/mol. The lowest BCUT2D eigenvalue weighted by atomic mass is 10.0. The minimum atomic E-state index is -3.16. The van der Waals surface area contributed by atoms with Crippen molar-refractivity contribution in [2.24, 2.45) is 0 Å². The summed E-state index contributed by atoms with van der Waals surface area (Å²) in [4.78, 5) is 25.0. The number of rotatable bonds is 6. The normalized spacial score (nSPS) is 20.8. The Hall–Kier alpha value is -2.09. The molecule has 2 unspecified atom stereocenters. The van der Waals surface area contributed by atoms with Crippen molar-refractivity contribution in [3.05, 3.63) is 35.9 Å². The maximum absolute atomic E-state index is 12.6. The van der Waals surface area contributed by atoms with E-state index in [1.54, 1.807) is 6.92 Å². The number of amides is 2. The highest BCUT2D eigenvalue weighted by molar-refractivity contribution is 7.92. The molecule has 0 bridgehead atoms. The van der Waals surface area contributed by atoms with Crippen molar-refractivity contribution in [1.29, 1.82) is 0 Å². The summed E-state index contributed by atoms with van der Waals surface area (Å²) in [5.74, 6) is -0.952. The van der Waals surface area contributed by atoms with E-state index >= 15 is 0 Å². The van der Waals surface area contributed by atoms with Gasteiger partial charge >= 0.3 is 12.0 Å². The van der Waals surface area contributed by atoms with E-state index in [2.05, 4.69) is 5.32 Å². The number of benzene rings is 1. The molecule has 1 heterocycles. The van der Waals surface area contributed by atoms with E-state index in [9.17, 15) is 18.0 Å². The molecule has 1 aromatic rings. The zero-order valence-electron chi connectivity index (χ0n) is 14.9. The third-order valence-electron chi connectivity index (χ3n) is 4.71. The van der Waals surface area contributed by atoms with Crippen LogP contribution in [-0.2, 0) is 21.1 Å². The van der Waals surface area contributed by atoms with Gasteiger partial charge in [0.2, 0.25) is 0 Å². The van der Waals surface area contributed by atoms with Crippen LogP contribution >= 0.6 is 0 Å². The average molecular weight is 382 g/mol. The van der Waals surface area contributed by atoms with Crippen LogP contribution in [0.5, 0.6) is 0 Å². The highest BCUT2D eigenvalue weighted by Crippen LogP contribution is 2.14. The first-order valence-corrected chi connectivity index (χ1v) is 10.5. The lowest BCUT2D eigenvalue weighted by molar-refractivity contribution is -0.137. The summed E-state index contributed by atoms with van der Waals surface area (Å²) in [6.45, 7) is 2.21. The molecule has 2 N–H and O–H groups in total.